The Hall–Kier alpha value is -0.980. The maximum absolute atomic E-state index is 13.1. The highest BCUT2D eigenvalue weighted by molar-refractivity contribution is 9.10. The zero-order valence-electron chi connectivity index (χ0n) is 8.28. The van der Waals surface area contributed by atoms with Gasteiger partial charge in [0.1, 0.15) is 5.82 Å². The third kappa shape index (κ3) is 3.01. The Labute approximate surface area is 100 Å². The van der Waals surface area contributed by atoms with E-state index in [1.807, 2.05) is 0 Å². The number of nitrogens with one attached hydrogen (secondary N) is 1. The van der Waals surface area contributed by atoms with Crippen LogP contribution in [0.2, 0.25) is 0 Å². The summed E-state index contributed by atoms with van der Waals surface area (Å²) in [5, 5.41) is 19.9. The molecule has 0 bridgehead atoms. The second kappa shape index (κ2) is 5.93. The Bertz CT molecular complexity index is 382. The van der Waals surface area contributed by atoms with Gasteiger partial charge in [-0.3, -0.25) is 4.79 Å². The summed E-state index contributed by atoms with van der Waals surface area (Å²) in [5.41, 5.74) is 0.118. The van der Waals surface area contributed by atoms with Gasteiger partial charge >= 0.3 is 0 Å². The first-order chi connectivity index (χ1) is 7.60. The predicted octanol–water partition coefficient (Wildman–Crippen LogP) is 0.671. The van der Waals surface area contributed by atoms with Gasteiger partial charge in [0.2, 0.25) is 0 Å². The Morgan fingerprint density at radius 1 is 1.44 bits per heavy atom. The van der Waals surface area contributed by atoms with E-state index in [1.54, 1.807) is 0 Å². The van der Waals surface area contributed by atoms with Crippen molar-refractivity contribution in [3.63, 3.8) is 0 Å². The van der Waals surface area contributed by atoms with Crippen molar-refractivity contribution in [2.45, 2.75) is 6.04 Å². The van der Waals surface area contributed by atoms with Crippen LogP contribution in [0.15, 0.2) is 22.7 Å². The van der Waals surface area contributed by atoms with Crippen LogP contribution in [0.1, 0.15) is 10.4 Å². The van der Waals surface area contributed by atoms with E-state index in [0.717, 1.165) is 0 Å². The zero-order valence-corrected chi connectivity index (χ0v) is 9.87. The number of carbonyl (C=O) groups excluding carboxylic acids is 1. The summed E-state index contributed by atoms with van der Waals surface area (Å²) in [4.78, 5) is 11.6. The Morgan fingerprint density at radius 3 is 2.62 bits per heavy atom. The maximum Gasteiger partial charge on any atom is 0.252 e. The lowest BCUT2D eigenvalue weighted by atomic mass is 10.2. The van der Waals surface area contributed by atoms with Gasteiger partial charge in [-0.1, -0.05) is 6.07 Å². The standard InChI is InChI=1S/C10H11BrFNO3/c11-9-7(2-1-3-8(9)12)10(16)13-6(4-14)5-15/h1-3,6,14-15H,4-5H2,(H,13,16). The molecule has 4 nitrogen and oxygen atoms in total. The molecule has 1 amide bonds. The molecular formula is C10H11BrFNO3. The minimum Gasteiger partial charge on any atom is -0.394 e. The van der Waals surface area contributed by atoms with Crippen LogP contribution < -0.4 is 5.32 Å². The van der Waals surface area contributed by atoms with Crippen molar-refractivity contribution >= 4 is 21.8 Å². The lowest BCUT2D eigenvalue weighted by Crippen LogP contribution is -2.40. The van der Waals surface area contributed by atoms with E-state index in [2.05, 4.69) is 21.2 Å². The Morgan fingerprint density at radius 2 is 2.06 bits per heavy atom. The van der Waals surface area contributed by atoms with Crippen LogP contribution in [-0.4, -0.2) is 35.4 Å². The Kier molecular flexibility index (Phi) is 4.85. The van der Waals surface area contributed by atoms with Crippen molar-refractivity contribution in [2.24, 2.45) is 0 Å². The molecule has 0 saturated carbocycles. The minimum absolute atomic E-state index is 0.0575. The number of carbonyl (C=O) groups is 1. The fraction of sp³-hybridized carbons (Fsp3) is 0.300. The highest BCUT2D eigenvalue weighted by Gasteiger charge is 2.16. The van der Waals surface area contributed by atoms with Gasteiger partial charge in [-0.2, -0.15) is 0 Å². The molecule has 0 fully saturated rings. The average molecular weight is 292 g/mol. The van der Waals surface area contributed by atoms with Crippen LogP contribution in [0.25, 0.3) is 0 Å². The first-order valence-corrected chi connectivity index (χ1v) is 5.36. The van der Waals surface area contributed by atoms with Crippen molar-refractivity contribution in [3.05, 3.63) is 34.1 Å². The molecule has 0 aliphatic carbocycles. The molecule has 0 radical (unpaired) electrons. The van der Waals surface area contributed by atoms with E-state index in [9.17, 15) is 9.18 Å². The highest BCUT2D eigenvalue weighted by Crippen LogP contribution is 2.20. The van der Waals surface area contributed by atoms with Crippen LogP contribution in [0.3, 0.4) is 0 Å². The van der Waals surface area contributed by atoms with Gasteiger partial charge in [-0.25, -0.2) is 4.39 Å². The van der Waals surface area contributed by atoms with Gasteiger partial charge in [0.25, 0.3) is 5.91 Å². The first-order valence-electron chi connectivity index (χ1n) is 4.56. The summed E-state index contributed by atoms with van der Waals surface area (Å²) >= 11 is 2.95. The topological polar surface area (TPSA) is 69.6 Å². The third-order valence-corrected chi connectivity index (χ3v) is 2.78. The average Bonchev–Trinajstić information content (AvgIpc) is 2.29. The Balaban J connectivity index is 2.84. The summed E-state index contributed by atoms with van der Waals surface area (Å²) in [5.74, 6) is -1.10. The van der Waals surface area contributed by atoms with E-state index < -0.39 is 17.8 Å². The van der Waals surface area contributed by atoms with Crippen molar-refractivity contribution in [3.8, 4) is 0 Å². The smallest absolute Gasteiger partial charge is 0.252 e. The van der Waals surface area contributed by atoms with E-state index in [0.29, 0.717) is 0 Å². The van der Waals surface area contributed by atoms with Crippen molar-refractivity contribution in [1.29, 1.82) is 0 Å². The number of amides is 1. The third-order valence-electron chi connectivity index (χ3n) is 1.97. The molecule has 1 aromatic carbocycles. The van der Waals surface area contributed by atoms with Crippen molar-refractivity contribution < 1.29 is 19.4 Å². The molecular weight excluding hydrogens is 281 g/mol. The fourth-order valence-electron chi connectivity index (χ4n) is 1.09. The SMILES string of the molecule is O=C(NC(CO)CO)c1cccc(F)c1Br. The highest BCUT2D eigenvalue weighted by atomic mass is 79.9. The van der Waals surface area contributed by atoms with Crippen LogP contribution in [0.4, 0.5) is 4.39 Å². The zero-order chi connectivity index (χ0) is 12.1. The summed E-state index contributed by atoms with van der Waals surface area (Å²) < 4.78 is 13.2. The maximum atomic E-state index is 13.1. The van der Waals surface area contributed by atoms with E-state index in [-0.39, 0.29) is 23.2 Å². The molecule has 0 heterocycles. The molecule has 0 aliphatic heterocycles. The number of aliphatic hydroxyl groups excluding tert-OH is 2. The van der Waals surface area contributed by atoms with Gasteiger partial charge in [-0.15, -0.1) is 0 Å². The molecule has 6 heteroatoms. The van der Waals surface area contributed by atoms with Crippen LogP contribution in [0, 0.1) is 5.82 Å². The summed E-state index contributed by atoms with van der Waals surface area (Å²) in [6.07, 6.45) is 0. The quantitative estimate of drug-likeness (QED) is 0.764. The first kappa shape index (κ1) is 13.1. The largest absolute Gasteiger partial charge is 0.394 e. The predicted molar refractivity (Wildman–Crippen MR) is 59.5 cm³/mol. The molecule has 0 aliphatic rings. The molecule has 0 atom stereocenters. The lowest BCUT2D eigenvalue weighted by Gasteiger charge is -2.14. The van der Waals surface area contributed by atoms with Crippen LogP contribution in [-0.2, 0) is 0 Å². The van der Waals surface area contributed by atoms with Crippen LogP contribution >= 0.6 is 15.9 Å². The van der Waals surface area contributed by atoms with E-state index in [4.69, 9.17) is 10.2 Å². The molecule has 0 spiro atoms. The lowest BCUT2D eigenvalue weighted by molar-refractivity contribution is 0.0878. The minimum atomic E-state index is -0.748. The van der Waals surface area contributed by atoms with E-state index >= 15 is 0 Å². The number of rotatable bonds is 4. The monoisotopic (exact) mass is 291 g/mol. The molecule has 0 unspecified atom stereocenters. The second-order valence-corrected chi connectivity index (χ2v) is 3.93. The van der Waals surface area contributed by atoms with Gasteiger partial charge in [0, 0.05) is 0 Å². The van der Waals surface area contributed by atoms with Crippen LogP contribution in [0.5, 0.6) is 0 Å². The molecule has 0 aromatic heterocycles. The van der Waals surface area contributed by atoms with Gasteiger partial charge in [0.05, 0.1) is 29.3 Å². The second-order valence-electron chi connectivity index (χ2n) is 3.14. The molecule has 1 rings (SSSR count). The summed E-state index contributed by atoms with van der Waals surface area (Å²) in [6, 6.07) is 3.31. The summed E-state index contributed by atoms with van der Waals surface area (Å²) in [7, 11) is 0. The number of benzene rings is 1. The van der Waals surface area contributed by atoms with E-state index in [1.165, 1.54) is 18.2 Å². The normalized spacial score (nSPS) is 10.6. The van der Waals surface area contributed by atoms with Crippen molar-refractivity contribution in [2.75, 3.05) is 13.2 Å². The summed E-state index contributed by atoms with van der Waals surface area (Å²) in [6.45, 7) is -0.760. The molecule has 3 N–H and O–H groups in total. The number of hydrogen-bond acceptors (Lipinski definition) is 3. The molecule has 16 heavy (non-hydrogen) atoms. The molecule has 88 valence electrons. The van der Waals surface area contributed by atoms with Gasteiger partial charge in [-0.05, 0) is 28.1 Å². The van der Waals surface area contributed by atoms with Gasteiger partial charge in [0.15, 0.2) is 0 Å². The number of aliphatic hydroxyl groups is 2. The number of halogens is 2. The number of hydrogen-bond donors (Lipinski definition) is 3. The van der Waals surface area contributed by atoms with Gasteiger partial charge < -0.3 is 15.5 Å². The van der Waals surface area contributed by atoms with Crippen molar-refractivity contribution in [1.82, 2.24) is 5.32 Å². The molecule has 1 aromatic rings. The fourth-order valence-corrected chi connectivity index (χ4v) is 1.54. The molecule has 0 saturated heterocycles.